The molecule has 0 unspecified atom stereocenters. The smallest absolute Gasteiger partial charge is 0.326 e. The zero-order valence-corrected chi connectivity index (χ0v) is 22.0. The number of aryl methyl sites for hydroxylation is 1. The lowest BCUT2D eigenvalue weighted by atomic mass is 10.2. The van der Waals surface area contributed by atoms with Crippen LogP contribution in [0.4, 0.5) is 15.8 Å². The van der Waals surface area contributed by atoms with Gasteiger partial charge in [0.15, 0.2) is 16.3 Å². The van der Waals surface area contributed by atoms with Crippen molar-refractivity contribution in [3.63, 3.8) is 0 Å². The molecule has 12 nitrogen and oxygen atoms in total. The van der Waals surface area contributed by atoms with Crippen LogP contribution in [0, 0.1) is 5.82 Å². The molecular formula is C25H23FN8O4S. The Bertz CT molecular complexity index is 1850. The Morgan fingerprint density at radius 1 is 0.923 bits per heavy atom. The van der Waals surface area contributed by atoms with Crippen LogP contribution in [0.15, 0.2) is 63.3 Å². The van der Waals surface area contributed by atoms with Crippen molar-refractivity contribution in [1.82, 2.24) is 28.3 Å². The lowest BCUT2D eigenvalue weighted by molar-refractivity contribution is -0.114. The van der Waals surface area contributed by atoms with E-state index in [1.165, 1.54) is 37.7 Å². The van der Waals surface area contributed by atoms with Crippen molar-refractivity contribution in [2.75, 3.05) is 16.4 Å². The Morgan fingerprint density at radius 2 is 1.56 bits per heavy atom. The molecule has 0 saturated carbocycles. The predicted molar refractivity (Wildman–Crippen MR) is 145 cm³/mol. The van der Waals surface area contributed by atoms with Crippen molar-refractivity contribution in [1.29, 1.82) is 0 Å². The van der Waals surface area contributed by atoms with E-state index in [1.807, 2.05) is 0 Å². The van der Waals surface area contributed by atoms with Crippen LogP contribution in [0.25, 0.3) is 16.9 Å². The summed E-state index contributed by atoms with van der Waals surface area (Å²) < 4.78 is 19.0. The first kappa shape index (κ1) is 25.9. The summed E-state index contributed by atoms with van der Waals surface area (Å²) >= 11 is 1.09. The van der Waals surface area contributed by atoms with Gasteiger partial charge in [-0.25, -0.2) is 13.6 Å². The number of halogens is 1. The van der Waals surface area contributed by atoms with E-state index in [-0.39, 0.29) is 41.1 Å². The first-order chi connectivity index (χ1) is 18.6. The van der Waals surface area contributed by atoms with Crippen molar-refractivity contribution in [3.8, 4) is 0 Å². The normalized spacial score (nSPS) is 11.3. The van der Waals surface area contributed by atoms with Crippen LogP contribution in [0.5, 0.6) is 0 Å². The van der Waals surface area contributed by atoms with E-state index in [9.17, 15) is 23.6 Å². The van der Waals surface area contributed by atoms with Crippen LogP contribution in [0.3, 0.4) is 0 Å². The van der Waals surface area contributed by atoms with Gasteiger partial charge in [0.2, 0.25) is 17.6 Å². The van der Waals surface area contributed by atoms with E-state index >= 15 is 0 Å². The Morgan fingerprint density at radius 3 is 2.21 bits per heavy atom. The maximum Gasteiger partial charge on any atom is 0.332 e. The summed E-state index contributed by atoms with van der Waals surface area (Å²) in [7, 11) is 2.93. The van der Waals surface area contributed by atoms with Gasteiger partial charge in [-0.3, -0.25) is 28.1 Å². The molecule has 0 radical (unpaired) electrons. The third-order valence-corrected chi connectivity index (χ3v) is 6.95. The number of carbonyl (C=O) groups excluding carboxylic acids is 2. The fourth-order valence-electron chi connectivity index (χ4n) is 4.21. The molecule has 2 aromatic carbocycles. The molecule has 3 aromatic heterocycles. The van der Waals surface area contributed by atoms with Gasteiger partial charge < -0.3 is 10.6 Å². The lowest BCUT2D eigenvalue weighted by Gasteiger charge is -2.08. The number of hydrogen-bond donors (Lipinski definition) is 2. The summed E-state index contributed by atoms with van der Waals surface area (Å²) in [5, 5.41) is 14.2. The molecule has 0 spiro atoms. The highest BCUT2D eigenvalue weighted by Gasteiger charge is 2.24. The summed E-state index contributed by atoms with van der Waals surface area (Å²) in [5.41, 5.74) is 1.32. The number of fused-ring (bicyclic) bond motifs is 3. The molecule has 39 heavy (non-hydrogen) atoms. The highest BCUT2D eigenvalue weighted by atomic mass is 32.2. The lowest BCUT2D eigenvalue weighted by Crippen LogP contribution is -2.37. The van der Waals surface area contributed by atoms with E-state index in [0.717, 1.165) is 16.3 Å². The number of imidazole rings is 1. The second-order valence-electron chi connectivity index (χ2n) is 8.80. The van der Waals surface area contributed by atoms with E-state index in [0.29, 0.717) is 27.9 Å². The highest BCUT2D eigenvalue weighted by molar-refractivity contribution is 7.99. The summed E-state index contributed by atoms with van der Waals surface area (Å²) in [5.74, 6) is -0.634. The number of carbonyl (C=O) groups is 2. The number of hydrogen-bond acceptors (Lipinski definition) is 7. The monoisotopic (exact) mass is 550 g/mol. The summed E-state index contributed by atoms with van der Waals surface area (Å²) in [4.78, 5) is 49.8. The topological polar surface area (TPSA) is 137 Å². The van der Waals surface area contributed by atoms with E-state index in [4.69, 9.17) is 0 Å². The van der Waals surface area contributed by atoms with Crippen molar-refractivity contribution in [2.24, 2.45) is 14.1 Å². The van der Waals surface area contributed by atoms with Gasteiger partial charge in [-0.15, -0.1) is 10.2 Å². The second kappa shape index (κ2) is 10.2. The minimum atomic E-state index is -0.529. The molecule has 0 aliphatic heterocycles. The fourth-order valence-corrected chi connectivity index (χ4v) is 4.94. The Kier molecular flexibility index (Phi) is 6.78. The molecule has 200 valence electrons. The number of benzene rings is 2. The molecule has 5 aromatic rings. The van der Waals surface area contributed by atoms with E-state index in [2.05, 4.69) is 20.8 Å². The van der Waals surface area contributed by atoms with Crippen LogP contribution in [-0.4, -0.2) is 45.9 Å². The zero-order valence-electron chi connectivity index (χ0n) is 21.1. The molecule has 2 N–H and O–H groups in total. The molecule has 0 saturated heterocycles. The molecule has 0 atom stereocenters. The molecule has 3 heterocycles. The number of aromatic nitrogens is 6. The Balaban J connectivity index is 1.48. The van der Waals surface area contributed by atoms with Gasteiger partial charge in [-0.1, -0.05) is 23.9 Å². The fraction of sp³-hybridized carbons (Fsp3) is 0.200. The average molecular weight is 551 g/mol. The standard InChI is InChI=1S/C25H23FN8O4S/c1-14(35)27-17-8-10-18(11-9-17)28-19(36)13-39-24-30-29-23-33(12-15-4-6-16(26)7-5-15)20-21(34(23)24)31(2)25(38)32(3)22(20)37/h4-11H,12-13H2,1-3H3,(H,27,35)(H,28,36). The molecule has 5 rings (SSSR count). The van der Waals surface area contributed by atoms with Crippen LogP contribution in [0.2, 0.25) is 0 Å². The average Bonchev–Trinajstić information content (AvgIpc) is 3.46. The van der Waals surface area contributed by atoms with Crippen LogP contribution in [-0.2, 0) is 30.2 Å². The highest BCUT2D eigenvalue weighted by Crippen LogP contribution is 2.25. The van der Waals surface area contributed by atoms with Crippen molar-refractivity contribution < 1.29 is 14.0 Å². The summed E-state index contributed by atoms with van der Waals surface area (Å²) in [6.07, 6.45) is 0. The summed E-state index contributed by atoms with van der Waals surface area (Å²) in [6, 6.07) is 12.5. The van der Waals surface area contributed by atoms with Gasteiger partial charge in [0.05, 0.1) is 12.3 Å². The first-order valence-corrected chi connectivity index (χ1v) is 12.7. The molecule has 0 fully saturated rings. The number of nitrogens with one attached hydrogen (secondary N) is 2. The minimum absolute atomic E-state index is 0.0301. The number of rotatable bonds is 7. The van der Waals surface area contributed by atoms with Crippen molar-refractivity contribution in [3.05, 3.63) is 80.7 Å². The van der Waals surface area contributed by atoms with Gasteiger partial charge in [-0.05, 0) is 42.0 Å². The predicted octanol–water partition coefficient (Wildman–Crippen LogP) is 1.96. The molecule has 0 aliphatic rings. The number of anilines is 2. The molecule has 14 heteroatoms. The number of nitrogens with zero attached hydrogens (tertiary/aromatic N) is 6. The molecular weight excluding hydrogens is 527 g/mol. The van der Waals surface area contributed by atoms with E-state index in [1.54, 1.807) is 45.4 Å². The van der Waals surface area contributed by atoms with Gasteiger partial charge in [0, 0.05) is 32.4 Å². The third kappa shape index (κ3) is 4.93. The maximum absolute atomic E-state index is 13.5. The van der Waals surface area contributed by atoms with Crippen molar-refractivity contribution in [2.45, 2.75) is 18.6 Å². The Hall–Kier alpha value is -4.72. The largest absolute Gasteiger partial charge is 0.332 e. The number of amides is 2. The quantitative estimate of drug-likeness (QED) is 0.296. The summed E-state index contributed by atoms with van der Waals surface area (Å²) in [6.45, 7) is 1.59. The van der Waals surface area contributed by atoms with Crippen LogP contribution >= 0.6 is 11.8 Å². The zero-order chi connectivity index (χ0) is 27.8. The number of thioether (sulfide) groups is 1. The van der Waals surface area contributed by atoms with Crippen molar-refractivity contribution >= 4 is 51.9 Å². The van der Waals surface area contributed by atoms with Gasteiger partial charge >= 0.3 is 5.69 Å². The molecule has 2 amide bonds. The van der Waals surface area contributed by atoms with Gasteiger partial charge in [0.1, 0.15) is 5.82 Å². The third-order valence-electron chi connectivity index (χ3n) is 6.03. The first-order valence-electron chi connectivity index (χ1n) is 11.7. The maximum atomic E-state index is 13.5. The van der Waals surface area contributed by atoms with Gasteiger partial charge in [-0.2, -0.15) is 0 Å². The molecule has 0 bridgehead atoms. The SMILES string of the molecule is CC(=O)Nc1ccc(NC(=O)CSc2nnc3n(Cc4ccc(F)cc4)c4c(=O)n(C)c(=O)n(C)c4n23)cc1. The van der Waals surface area contributed by atoms with Crippen LogP contribution < -0.4 is 21.9 Å². The minimum Gasteiger partial charge on any atom is -0.326 e. The van der Waals surface area contributed by atoms with Gasteiger partial charge in [0.25, 0.3) is 5.56 Å². The second-order valence-corrected chi connectivity index (χ2v) is 9.75. The molecule has 0 aliphatic carbocycles. The van der Waals surface area contributed by atoms with Crippen LogP contribution in [0.1, 0.15) is 12.5 Å². The Labute approximate surface area is 224 Å². The van der Waals surface area contributed by atoms with E-state index < -0.39 is 11.2 Å².